The minimum Gasteiger partial charge on any atom is -0.452 e. The molecule has 0 radical (unpaired) electrons. The third-order valence-electron chi connectivity index (χ3n) is 4.28. The third-order valence-corrected chi connectivity index (χ3v) is 5.41. The number of anilines is 1. The lowest BCUT2D eigenvalue weighted by atomic mass is 10.1. The number of esters is 1. The molecule has 0 atom stereocenters. The first-order valence-corrected chi connectivity index (χ1v) is 10.7. The van der Waals surface area contributed by atoms with Gasteiger partial charge in [0, 0.05) is 17.3 Å². The molecule has 0 aliphatic rings. The SMILES string of the molecule is Cc1ccc2nc(C)c(C(=O)OCC(=O)Nc3ccc(S(C)(=O)=O)cc3)cc2c1. The zero-order valence-corrected chi connectivity index (χ0v) is 17.0. The molecule has 1 N–H and O–H groups in total. The lowest BCUT2D eigenvalue weighted by Gasteiger charge is -2.09. The average Bonchev–Trinajstić information content (AvgIpc) is 2.65. The maximum absolute atomic E-state index is 12.4. The standard InChI is InChI=1S/C21H20N2O5S/c1-13-4-9-19-15(10-13)11-18(14(2)22-19)21(25)28-12-20(24)23-16-5-7-17(8-6-16)29(3,26)27/h4-11H,12H2,1-3H3,(H,23,24). The van der Waals surface area contributed by atoms with Crippen molar-refractivity contribution in [3.8, 4) is 0 Å². The van der Waals surface area contributed by atoms with E-state index in [1.807, 2.05) is 25.1 Å². The Kier molecular flexibility index (Phi) is 5.65. The molecule has 1 aromatic heterocycles. The van der Waals surface area contributed by atoms with Crippen LogP contribution in [0.15, 0.2) is 53.4 Å². The van der Waals surface area contributed by atoms with Crippen molar-refractivity contribution in [1.82, 2.24) is 4.98 Å². The summed E-state index contributed by atoms with van der Waals surface area (Å²) < 4.78 is 28.0. The van der Waals surface area contributed by atoms with Crippen LogP contribution >= 0.6 is 0 Å². The molecule has 1 amide bonds. The van der Waals surface area contributed by atoms with Gasteiger partial charge in [0.15, 0.2) is 16.4 Å². The number of hydrogen-bond acceptors (Lipinski definition) is 6. The van der Waals surface area contributed by atoms with Crippen molar-refractivity contribution < 1.29 is 22.7 Å². The molecule has 0 aliphatic heterocycles. The molecule has 0 bridgehead atoms. The Labute approximate surface area is 168 Å². The van der Waals surface area contributed by atoms with Crippen LogP contribution in [0.2, 0.25) is 0 Å². The number of carbonyl (C=O) groups excluding carboxylic acids is 2. The van der Waals surface area contributed by atoms with E-state index in [2.05, 4.69) is 10.3 Å². The molecular formula is C21H20N2O5S. The smallest absolute Gasteiger partial charge is 0.340 e. The highest BCUT2D eigenvalue weighted by Crippen LogP contribution is 2.19. The third kappa shape index (κ3) is 4.97. The fourth-order valence-electron chi connectivity index (χ4n) is 2.79. The Balaban J connectivity index is 1.65. The Morgan fingerprint density at radius 1 is 1.03 bits per heavy atom. The molecule has 0 spiro atoms. The van der Waals surface area contributed by atoms with Crippen LogP contribution < -0.4 is 5.32 Å². The Morgan fingerprint density at radius 3 is 2.38 bits per heavy atom. The number of carbonyl (C=O) groups is 2. The first-order chi connectivity index (χ1) is 13.6. The number of nitrogens with one attached hydrogen (secondary N) is 1. The van der Waals surface area contributed by atoms with Crippen LogP contribution in [-0.4, -0.2) is 38.1 Å². The van der Waals surface area contributed by atoms with E-state index in [1.165, 1.54) is 24.3 Å². The van der Waals surface area contributed by atoms with E-state index in [0.29, 0.717) is 16.9 Å². The molecule has 0 unspecified atom stereocenters. The van der Waals surface area contributed by atoms with Crippen molar-refractivity contribution in [2.45, 2.75) is 18.7 Å². The number of benzene rings is 2. The van der Waals surface area contributed by atoms with Crippen molar-refractivity contribution in [2.24, 2.45) is 0 Å². The predicted molar refractivity (Wildman–Crippen MR) is 110 cm³/mol. The summed E-state index contributed by atoms with van der Waals surface area (Å²) in [7, 11) is -3.31. The van der Waals surface area contributed by atoms with Gasteiger partial charge in [0.1, 0.15) is 0 Å². The van der Waals surface area contributed by atoms with E-state index in [0.717, 1.165) is 22.7 Å². The number of nitrogens with zero attached hydrogens (tertiary/aromatic N) is 1. The molecule has 8 heteroatoms. The monoisotopic (exact) mass is 412 g/mol. The summed E-state index contributed by atoms with van der Waals surface area (Å²) in [5.74, 6) is -1.17. The summed E-state index contributed by atoms with van der Waals surface area (Å²) in [5.41, 5.74) is 3.04. The lowest BCUT2D eigenvalue weighted by Crippen LogP contribution is -2.21. The van der Waals surface area contributed by atoms with Gasteiger partial charge >= 0.3 is 5.97 Å². The lowest BCUT2D eigenvalue weighted by molar-refractivity contribution is -0.119. The van der Waals surface area contributed by atoms with Gasteiger partial charge in [-0.15, -0.1) is 0 Å². The van der Waals surface area contributed by atoms with Crippen molar-refractivity contribution in [1.29, 1.82) is 0 Å². The molecule has 0 saturated heterocycles. The van der Waals surface area contributed by atoms with E-state index in [-0.39, 0.29) is 4.90 Å². The summed E-state index contributed by atoms with van der Waals surface area (Å²) in [6, 6.07) is 13.2. The minimum absolute atomic E-state index is 0.149. The number of pyridine rings is 1. The minimum atomic E-state index is -3.31. The van der Waals surface area contributed by atoms with Gasteiger partial charge in [-0.25, -0.2) is 13.2 Å². The molecule has 3 rings (SSSR count). The van der Waals surface area contributed by atoms with Gasteiger partial charge in [-0.1, -0.05) is 11.6 Å². The van der Waals surface area contributed by atoms with E-state index < -0.39 is 28.3 Å². The first-order valence-electron chi connectivity index (χ1n) is 8.78. The van der Waals surface area contributed by atoms with E-state index in [1.54, 1.807) is 13.0 Å². The molecule has 0 saturated carbocycles. The van der Waals surface area contributed by atoms with Crippen molar-refractivity contribution in [3.63, 3.8) is 0 Å². The number of aryl methyl sites for hydroxylation is 2. The Bertz CT molecular complexity index is 1200. The van der Waals surface area contributed by atoms with Crippen LogP contribution in [0.25, 0.3) is 10.9 Å². The van der Waals surface area contributed by atoms with Crippen molar-refractivity contribution in [3.05, 3.63) is 65.4 Å². The second kappa shape index (κ2) is 8.00. The Hall–Kier alpha value is -3.26. The molecule has 0 fully saturated rings. The molecule has 3 aromatic rings. The molecular weight excluding hydrogens is 392 g/mol. The summed E-state index contributed by atoms with van der Waals surface area (Å²) in [6.45, 7) is 3.18. The normalized spacial score (nSPS) is 11.3. The van der Waals surface area contributed by atoms with Crippen LogP contribution in [0.1, 0.15) is 21.6 Å². The number of aromatic nitrogens is 1. The highest BCUT2D eigenvalue weighted by molar-refractivity contribution is 7.90. The first kappa shape index (κ1) is 20.5. The number of ether oxygens (including phenoxy) is 1. The number of amides is 1. The highest BCUT2D eigenvalue weighted by Gasteiger charge is 2.15. The number of hydrogen-bond donors (Lipinski definition) is 1. The summed E-state index contributed by atoms with van der Waals surface area (Å²) >= 11 is 0. The van der Waals surface area contributed by atoms with Gasteiger partial charge in [-0.2, -0.15) is 0 Å². The molecule has 0 aliphatic carbocycles. The fraction of sp³-hybridized carbons (Fsp3) is 0.190. The Morgan fingerprint density at radius 2 is 1.72 bits per heavy atom. The molecule has 2 aromatic carbocycles. The quantitative estimate of drug-likeness (QED) is 0.646. The highest BCUT2D eigenvalue weighted by atomic mass is 32.2. The van der Waals surface area contributed by atoms with Crippen molar-refractivity contribution in [2.75, 3.05) is 18.2 Å². The average molecular weight is 412 g/mol. The summed E-state index contributed by atoms with van der Waals surface area (Å²) in [4.78, 5) is 29.0. The second-order valence-corrected chi connectivity index (χ2v) is 8.75. The summed E-state index contributed by atoms with van der Waals surface area (Å²) in [6.07, 6.45) is 1.10. The maximum atomic E-state index is 12.4. The van der Waals surface area contributed by atoms with Crippen LogP contribution in [-0.2, 0) is 19.4 Å². The molecule has 1 heterocycles. The zero-order valence-electron chi connectivity index (χ0n) is 16.2. The van der Waals surface area contributed by atoms with Crippen LogP contribution in [0, 0.1) is 13.8 Å². The van der Waals surface area contributed by atoms with Gasteiger partial charge in [-0.3, -0.25) is 9.78 Å². The zero-order chi connectivity index (χ0) is 21.2. The van der Waals surface area contributed by atoms with E-state index >= 15 is 0 Å². The second-order valence-electron chi connectivity index (χ2n) is 6.74. The van der Waals surface area contributed by atoms with Crippen molar-refractivity contribution >= 4 is 38.3 Å². The molecule has 29 heavy (non-hydrogen) atoms. The number of rotatable bonds is 5. The van der Waals surface area contributed by atoms with Gasteiger partial charge < -0.3 is 10.1 Å². The summed E-state index contributed by atoms with van der Waals surface area (Å²) in [5, 5.41) is 3.37. The maximum Gasteiger partial charge on any atom is 0.340 e. The molecule has 7 nitrogen and oxygen atoms in total. The number of fused-ring (bicyclic) bond motifs is 1. The fourth-order valence-corrected chi connectivity index (χ4v) is 3.42. The molecule has 150 valence electrons. The van der Waals surface area contributed by atoms with Gasteiger partial charge in [-0.05, 0) is 56.3 Å². The topological polar surface area (TPSA) is 102 Å². The van der Waals surface area contributed by atoms with Crippen LogP contribution in [0.3, 0.4) is 0 Å². The van der Waals surface area contributed by atoms with Crippen LogP contribution in [0.5, 0.6) is 0 Å². The predicted octanol–water partition coefficient (Wildman–Crippen LogP) is 3.05. The van der Waals surface area contributed by atoms with Gasteiger partial charge in [0.2, 0.25) is 0 Å². The number of sulfone groups is 1. The van der Waals surface area contributed by atoms with E-state index in [4.69, 9.17) is 4.74 Å². The van der Waals surface area contributed by atoms with E-state index in [9.17, 15) is 18.0 Å². The van der Waals surface area contributed by atoms with Gasteiger partial charge in [0.25, 0.3) is 5.91 Å². The largest absolute Gasteiger partial charge is 0.452 e. The van der Waals surface area contributed by atoms with Gasteiger partial charge in [0.05, 0.1) is 21.7 Å². The van der Waals surface area contributed by atoms with Crippen LogP contribution in [0.4, 0.5) is 5.69 Å².